The maximum absolute atomic E-state index is 6.87. The number of aromatic nitrogens is 2. The van der Waals surface area contributed by atoms with Crippen molar-refractivity contribution >= 4 is 0 Å². The van der Waals surface area contributed by atoms with Gasteiger partial charge in [-0.3, -0.25) is 9.97 Å². The highest BCUT2D eigenvalue weighted by molar-refractivity contribution is 5.72. The molecule has 8 bridgehead atoms. The van der Waals surface area contributed by atoms with Gasteiger partial charge in [-0.1, -0.05) is 130 Å². The summed E-state index contributed by atoms with van der Waals surface area (Å²) in [5.74, 6) is 1.66. The van der Waals surface area contributed by atoms with Crippen LogP contribution in [0.15, 0.2) is 121 Å². The molecule has 8 rings (SSSR count). The number of nitrogens with zero attached hydrogens (tertiary/aromatic N) is 2. The Morgan fingerprint density at radius 3 is 1.27 bits per heavy atom. The molecule has 0 aliphatic carbocycles. The molecule has 0 amide bonds. The highest BCUT2D eigenvalue weighted by atomic mass is 16.5. The quantitative estimate of drug-likeness (QED) is 0.160. The van der Waals surface area contributed by atoms with E-state index in [4.69, 9.17) is 14.7 Å². The number of ether oxygens (including phenoxy) is 1. The normalized spacial score (nSPS) is 16.5. The van der Waals surface area contributed by atoms with E-state index in [9.17, 15) is 0 Å². The second kappa shape index (κ2) is 11.5. The Balaban J connectivity index is 1.57. The lowest BCUT2D eigenvalue weighted by Crippen LogP contribution is -2.40. The summed E-state index contributed by atoms with van der Waals surface area (Å²) in [4.78, 5) is 11.4. The topological polar surface area (TPSA) is 35.0 Å². The van der Waals surface area contributed by atoms with Gasteiger partial charge in [0.15, 0.2) is 0 Å². The van der Waals surface area contributed by atoms with Crippen molar-refractivity contribution in [3.05, 3.63) is 166 Å². The first-order valence-corrected chi connectivity index (χ1v) is 18.7. The van der Waals surface area contributed by atoms with Crippen LogP contribution in [-0.4, -0.2) is 9.97 Å². The Morgan fingerprint density at radius 2 is 0.865 bits per heavy atom. The Labute approximate surface area is 310 Å². The molecule has 3 nitrogen and oxygen atoms in total. The summed E-state index contributed by atoms with van der Waals surface area (Å²) in [6.45, 7) is 23.1. The summed E-state index contributed by atoms with van der Waals surface area (Å²) >= 11 is 0. The molecule has 2 aliphatic heterocycles. The van der Waals surface area contributed by atoms with E-state index < -0.39 is 5.41 Å². The Bertz CT molecular complexity index is 2200. The van der Waals surface area contributed by atoms with Crippen molar-refractivity contribution in [3.63, 3.8) is 0 Å². The fourth-order valence-electron chi connectivity index (χ4n) is 8.17. The van der Waals surface area contributed by atoms with Crippen LogP contribution in [0.3, 0.4) is 0 Å². The summed E-state index contributed by atoms with van der Waals surface area (Å²) in [6, 6.07) is 44.5. The second-order valence-corrected chi connectivity index (χ2v) is 18.0. The van der Waals surface area contributed by atoms with Crippen LogP contribution in [0.2, 0.25) is 0 Å². The van der Waals surface area contributed by atoms with Crippen molar-refractivity contribution in [2.75, 3.05) is 0 Å². The average molecular weight is 683 g/mol. The molecule has 262 valence electrons. The van der Waals surface area contributed by atoms with Crippen LogP contribution in [0.25, 0.3) is 22.5 Å². The molecule has 2 aliphatic rings. The van der Waals surface area contributed by atoms with Crippen LogP contribution in [0.4, 0.5) is 0 Å². The molecule has 0 fully saturated rings. The molecule has 0 radical (unpaired) electrons. The second-order valence-electron chi connectivity index (χ2n) is 18.0. The number of benzene rings is 4. The molecular weight excluding hydrogens is 633 g/mol. The fourth-order valence-corrected chi connectivity index (χ4v) is 8.17. The summed E-state index contributed by atoms with van der Waals surface area (Å²) < 4.78 is 6.87. The molecule has 0 N–H and O–H groups in total. The van der Waals surface area contributed by atoms with E-state index in [1.807, 2.05) is 0 Å². The molecular formula is C49H50N2O. The van der Waals surface area contributed by atoms with Gasteiger partial charge in [0.2, 0.25) is 0 Å². The highest BCUT2D eigenvalue weighted by Gasteiger charge is 2.49. The predicted molar refractivity (Wildman–Crippen MR) is 215 cm³/mol. The van der Waals surface area contributed by atoms with E-state index in [0.29, 0.717) is 0 Å². The monoisotopic (exact) mass is 682 g/mol. The van der Waals surface area contributed by atoms with Crippen molar-refractivity contribution < 1.29 is 4.74 Å². The van der Waals surface area contributed by atoms with Crippen molar-refractivity contribution in [2.24, 2.45) is 0 Å². The minimum Gasteiger partial charge on any atom is -0.457 e. The Hall–Kier alpha value is -5.02. The van der Waals surface area contributed by atoms with Crippen LogP contribution in [0.1, 0.15) is 114 Å². The van der Waals surface area contributed by atoms with Crippen LogP contribution >= 0.6 is 0 Å². The van der Waals surface area contributed by atoms with Gasteiger partial charge in [-0.15, -0.1) is 0 Å². The highest BCUT2D eigenvalue weighted by Crippen LogP contribution is 2.56. The first-order chi connectivity index (χ1) is 24.5. The van der Waals surface area contributed by atoms with Crippen molar-refractivity contribution in [1.29, 1.82) is 0 Å². The lowest BCUT2D eigenvalue weighted by molar-refractivity contribution is 0.303. The summed E-state index contributed by atoms with van der Waals surface area (Å²) in [6.07, 6.45) is 0. The van der Waals surface area contributed by atoms with E-state index in [1.165, 1.54) is 22.3 Å². The number of hydrogen-bond donors (Lipinski definition) is 0. The molecule has 6 aromatic rings. The van der Waals surface area contributed by atoms with Gasteiger partial charge in [0, 0.05) is 22.3 Å². The lowest BCUT2D eigenvalue weighted by Gasteiger charge is -2.43. The third kappa shape index (κ3) is 5.15. The van der Waals surface area contributed by atoms with Crippen molar-refractivity contribution in [1.82, 2.24) is 9.97 Å². The van der Waals surface area contributed by atoms with Gasteiger partial charge in [0.25, 0.3) is 0 Å². The minimum atomic E-state index is -0.884. The zero-order valence-corrected chi connectivity index (χ0v) is 32.3. The Kier molecular flexibility index (Phi) is 7.53. The van der Waals surface area contributed by atoms with Gasteiger partial charge < -0.3 is 4.74 Å². The fraction of sp³-hybridized carbons (Fsp3) is 0.306. The third-order valence-corrected chi connectivity index (χ3v) is 12.3. The van der Waals surface area contributed by atoms with Gasteiger partial charge in [-0.25, -0.2) is 0 Å². The maximum atomic E-state index is 6.87. The molecule has 4 heterocycles. The molecule has 0 atom stereocenters. The summed E-state index contributed by atoms with van der Waals surface area (Å²) in [5, 5.41) is 0. The minimum absolute atomic E-state index is 0.0887. The summed E-state index contributed by atoms with van der Waals surface area (Å²) in [7, 11) is 0. The van der Waals surface area contributed by atoms with E-state index in [1.54, 1.807) is 0 Å². The van der Waals surface area contributed by atoms with Crippen LogP contribution < -0.4 is 4.74 Å². The van der Waals surface area contributed by atoms with E-state index in [-0.39, 0.29) is 21.7 Å². The number of hydrogen-bond acceptors (Lipinski definition) is 3. The zero-order chi connectivity index (χ0) is 36.8. The van der Waals surface area contributed by atoms with Gasteiger partial charge in [0.05, 0.1) is 22.8 Å². The van der Waals surface area contributed by atoms with Gasteiger partial charge in [0.1, 0.15) is 16.9 Å². The maximum Gasteiger partial charge on any atom is 0.132 e. The third-order valence-electron chi connectivity index (χ3n) is 12.3. The van der Waals surface area contributed by atoms with Gasteiger partial charge in [-0.05, 0) is 105 Å². The number of pyridine rings is 2. The average Bonchev–Trinajstić information content (AvgIpc) is 3.12. The molecule has 2 aromatic heterocycles. The van der Waals surface area contributed by atoms with E-state index >= 15 is 0 Å². The molecule has 0 unspecified atom stereocenters. The van der Waals surface area contributed by atoms with E-state index in [2.05, 4.69) is 191 Å². The van der Waals surface area contributed by atoms with Crippen molar-refractivity contribution in [3.8, 4) is 34.0 Å². The number of rotatable bonds is 0. The smallest absolute Gasteiger partial charge is 0.132 e. The molecule has 1 spiro atoms. The van der Waals surface area contributed by atoms with E-state index in [0.717, 1.165) is 56.5 Å². The summed E-state index contributed by atoms with van der Waals surface area (Å²) in [5.41, 5.74) is 11.6. The molecule has 52 heavy (non-hydrogen) atoms. The SMILES string of the molecule is CC(C)(C)c1ccc2c(c1)C1(c3cccc(n3)-c3cccc(c3)C(C)(C)C(C)(C)c3cccc(c3)-c3cccc1n3)c1cc(C(C)(C)C)ccc1O2. The lowest BCUT2D eigenvalue weighted by atomic mass is 9.60. The molecule has 3 heteroatoms. The van der Waals surface area contributed by atoms with Gasteiger partial charge in [-0.2, -0.15) is 0 Å². The number of fused-ring (bicyclic) bond motifs is 16. The molecule has 4 aromatic carbocycles. The van der Waals surface area contributed by atoms with Crippen molar-refractivity contribution in [2.45, 2.75) is 96.3 Å². The first kappa shape index (κ1) is 34.1. The predicted octanol–water partition coefficient (Wildman–Crippen LogP) is 12.5. The molecule has 0 saturated heterocycles. The van der Waals surface area contributed by atoms with Crippen LogP contribution in [0.5, 0.6) is 11.5 Å². The van der Waals surface area contributed by atoms with Gasteiger partial charge >= 0.3 is 0 Å². The standard InChI is InChI=1S/C49H50N2O/c1-45(2,3)33-23-25-41-37(29-33)49(38-30-34(46(4,5)6)24-26-42(38)52-41)43-21-13-19-39(50-43)31-15-11-17-35(27-31)47(7,8)48(9,10)36-18-12-16-32(28-36)40-20-14-22-44(49)51-40/h11-30H,1-10H3. The Morgan fingerprint density at radius 1 is 0.462 bits per heavy atom. The van der Waals surface area contributed by atoms with Crippen LogP contribution in [0, 0.1) is 0 Å². The van der Waals surface area contributed by atoms with Crippen LogP contribution in [-0.2, 0) is 27.1 Å². The zero-order valence-electron chi connectivity index (χ0n) is 32.3. The molecule has 0 saturated carbocycles. The first-order valence-electron chi connectivity index (χ1n) is 18.7. The largest absolute Gasteiger partial charge is 0.457 e.